The van der Waals surface area contributed by atoms with Gasteiger partial charge in [0.05, 0.1) is 23.1 Å². The van der Waals surface area contributed by atoms with E-state index < -0.39 is 0 Å². The summed E-state index contributed by atoms with van der Waals surface area (Å²) in [6, 6.07) is 5.06. The number of ether oxygens (including phenoxy) is 1. The van der Waals surface area contributed by atoms with E-state index >= 15 is 0 Å². The van der Waals surface area contributed by atoms with Gasteiger partial charge in [-0.15, -0.1) is 0 Å². The maximum Gasteiger partial charge on any atom is 0.278 e. The van der Waals surface area contributed by atoms with Crippen molar-refractivity contribution in [1.82, 2.24) is 14.7 Å². The van der Waals surface area contributed by atoms with Crippen molar-refractivity contribution in [3.8, 4) is 0 Å². The topological polar surface area (TPSA) is 64.4 Å². The van der Waals surface area contributed by atoms with Crippen molar-refractivity contribution < 1.29 is 9.53 Å². The number of hydrogen-bond donors (Lipinski definition) is 0. The first-order valence-corrected chi connectivity index (χ1v) is 8.43. The molecule has 0 spiro atoms. The lowest BCUT2D eigenvalue weighted by molar-refractivity contribution is -0.0588. The average Bonchev–Trinajstić information content (AvgIpc) is 2.54. The van der Waals surface area contributed by atoms with Crippen LogP contribution in [0.4, 0.5) is 0 Å². The van der Waals surface area contributed by atoms with Crippen molar-refractivity contribution in [3.05, 3.63) is 39.1 Å². The van der Waals surface area contributed by atoms with Crippen molar-refractivity contribution in [2.24, 2.45) is 0 Å². The van der Waals surface area contributed by atoms with Crippen LogP contribution in [0.3, 0.4) is 0 Å². The Bertz CT molecular complexity index is 839. The van der Waals surface area contributed by atoms with E-state index in [0.29, 0.717) is 35.6 Å². The van der Waals surface area contributed by atoms with E-state index in [2.05, 4.69) is 5.10 Å². The number of hydrogen-bond acceptors (Lipinski definition) is 4. The maximum atomic E-state index is 12.9. The zero-order valence-corrected chi connectivity index (χ0v) is 14.7. The number of amides is 1. The van der Waals surface area contributed by atoms with E-state index in [1.54, 1.807) is 27.8 Å². The molecule has 1 aliphatic heterocycles. The number of aryl methyl sites for hydroxylation is 1. The van der Waals surface area contributed by atoms with Crippen LogP contribution in [0.1, 0.15) is 31.3 Å². The van der Waals surface area contributed by atoms with Crippen LogP contribution >= 0.6 is 11.6 Å². The van der Waals surface area contributed by atoms with Gasteiger partial charge in [0.1, 0.15) is 0 Å². The molecule has 2 unspecified atom stereocenters. The van der Waals surface area contributed by atoms with E-state index in [-0.39, 0.29) is 29.2 Å². The fraction of sp³-hybridized carbons (Fsp3) is 0.471. The number of carbonyl (C=O) groups excluding carboxylic acids is 1. The molecule has 128 valence electrons. The third-order valence-electron chi connectivity index (χ3n) is 4.13. The van der Waals surface area contributed by atoms with Crippen LogP contribution in [0, 0.1) is 0 Å². The lowest BCUT2D eigenvalue weighted by Gasteiger charge is -2.35. The first-order valence-electron chi connectivity index (χ1n) is 8.05. The number of fused-ring (bicyclic) bond motifs is 1. The molecule has 0 aliphatic carbocycles. The van der Waals surface area contributed by atoms with Gasteiger partial charge in [0.2, 0.25) is 5.43 Å². The Morgan fingerprint density at radius 2 is 2.00 bits per heavy atom. The minimum atomic E-state index is -0.381. The summed E-state index contributed by atoms with van der Waals surface area (Å²) < 4.78 is 7.31. The number of carbonyl (C=O) groups is 1. The highest BCUT2D eigenvalue weighted by Gasteiger charge is 2.29. The highest BCUT2D eigenvalue weighted by molar-refractivity contribution is 6.31. The summed E-state index contributed by atoms with van der Waals surface area (Å²) in [5, 5.41) is 5.18. The van der Waals surface area contributed by atoms with Crippen LogP contribution in [0.2, 0.25) is 5.02 Å². The van der Waals surface area contributed by atoms with Gasteiger partial charge in [0.25, 0.3) is 5.91 Å². The Labute approximate surface area is 145 Å². The van der Waals surface area contributed by atoms with Gasteiger partial charge in [-0.25, -0.2) is 0 Å². The Hall–Kier alpha value is -1.92. The van der Waals surface area contributed by atoms with Crippen molar-refractivity contribution in [2.45, 2.75) is 39.5 Å². The molecule has 2 heterocycles. The second kappa shape index (κ2) is 6.53. The number of benzene rings is 1. The molecule has 7 heteroatoms. The third-order valence-corrected chi connectivity index (χ3v) is 4.36. The SMILES string of the molecule is CCn1nc(C(=O)N2CC(C)OC(C)C2)c(=O)c2cc(Cl)ccc21. The summed E-state index contributed by atoms with van der Waals surface area (Å²) in [7, 11) is 0. The Morgan fingerprint density at radius 3 is 2.62 bits per heavy atom. The predicted molar refractivity (Wildman–Crippen MR) is 92.6 cm³/mol. The Balaban J connectivity index is 2.10. The molecule has 1 aliphatic rings. The van der Waals surface area contributed by atoms with E-state index in [1.165, 1.54) is 0 Å². The molecular weight excluding hydrogens is 330 g/mol. The number of rotatable bonds is 2. The molecule has 1 fully saturated rings. The van der Waals surface area contributed by atoms with Gasteiger partial charge in [-0.1, -0.05) is 11.6 Å². The number of morpholine rings is 1. The lowest BCUT2D eigenvalue weighted by Crippen LogP contribution is -2.49. The number of nitrogens with zero attached hydrogens (tertiary/aromatic N) is 3. The van der Waals surface area contributed by atoms with Crippen molar-refractivity contribution in [2.75, 3.05) is 13.1 Å². The minimum absolute atomic E-state index is 0.0621. The Morgan fingerprint density at radius 1 is 1.33 bits per heavy atom. The van der Waals surface area contributed by atoms with Gasteiger partial charge in [0, 0.05) is 24.7 Å². The molecule has 0 radical (unpaired) electrons. The first-order chi connectivity index (χ1) is 11.4. The highest BCUT2D eigenvalue weighted by atomic mass is 35.5. The molecule has 0 N–H and O–H groups in total. The Kier molecular flexibility index (Phi) is 4.60. The largest absolute Gasteiger partial charge is 0.372 e. The predicted octanol–water partition coefficient (Wildman–Crippen LogP) is 2.32. The molecule has 0 saturated carbocycles. The first kappa shape index (κ1) is 16.9. The normalized spacial score (nSPS) is 21.2. The van der Waals surface area contributed by atoms with Crippen LogP contribution in [-0.2, 0) is 11.3 Å². The smallest absolute Gasteiger partial charge is 0.278 e. The van der Waals surface area contributed by atoms with Crippen LogP contribution < -0.4 is 5.43 Å². The molecule has 1 amide bonds. The summed E-state index contributed by atoms with van der Waals surface area (Å²) in [4.78, 5) is 27.3. The second-order valence-electron chi connectivity index (χ2n) is 6.12. The van der Waals surface area contributed by atoms with Crippen LogP contribution in [-0.4, -0.2) is 45.9 Å². The molecule has 2 aromatic rings. The number of halogens is 1. The monoisotopic (exact) mass is 349 g/mol. The average molecular weight is 350 g/mol. The zero-order chi connectivity index (χ0) is 17.4. The molecule has 24 heavy (non-hydrogen) atoms. The lowest BCUT2D eigenvalue weighted by atomic mass is 10.1. The van der Waals surface area contributed by atoms with Crippen LogP contribution in [0.25, 0.3) is 10.9 Å². The summed E-state index contributed by atoms with van der Waals surface area (Å²) in [5.41, 5.74) is 0.231. The number of aromatic nitrogens is 2. The molecule has 1 aromatic carbocycles. The van der Waals surface area contributed by atoms with Crippen molar-refractivity contribution in [3.63, 3.8) is 0 Å². The molecule has 1 saturated heterocycles. The molecule has 3 rings (SSSR count). The van der Waals surface area contributed by atoms with Gasteiger partial charge in [-0.2, -0.15) is 5.10 Å². The third kappa shape index (κ3) is 3.03. The minimum Gasteiger partial charge on any atom is -0.372 e. The highest BCUT2D eigenvalue weighted by Crippen LogP contribution is 2.18. The summed E-state index contributed by atoms with van der Waals surface area (Å²) in [5.74, 6) is -0.355. The van der Waals surface area contributed by atoms with Crippen LogP contribution in [0.15, 0.2) is 23.0 Å². The molecular formula is C17H20ClN3O3. The summed E-state index contributed by atoms with van der Waals surface area (Å²) >= 11 is 6.02. The quantitative estimate of drug-likeness (QED) is 0.834. The molecule has 1 aromatic heterocycles. The van der Waals surface area contributed by atoms with E-state index in [1.807, 2.05) is 20.8 Å². The maximum absolute atomic E-state index is 12.9. The fourth-order valence-electron chi connectivity index (χ4n) is 3.14. The van der Waals surface area contributed by atoms with Gasteiger partial charge < -0.3 is 9.64 Å². The van der Waals surface area contributed by atoms with Gasteiger partial charge in [-0.05, 0) is 39.0 Å². The van der Waals surface area contributed by atoms with Crippen molar-refractivity contribution >= 4 is 28.4 Å². The van der Waals surface area contributed by atoms with Crippen LogP contribution in [0.5, 0.6) is 0 Å². The van der Waals surface area contributed by atoms with E-state index in [9.17, 15) is 9.59 Å². The van der Waals surface area contributed by atoms with E-state index in [4.69, 9.17) is 16.3 Å². The molecule has 6 nitrogen and oxygen atoms in total. The van der Waals surface area contributed by atoms with Gasteiger partial charge in [-0.3, -0.25) is 14.3 Å². The fourth-order valence-corrected chi connectivity index (χ4v) is 3.31. The van der Waals surface area contributed by atoms with Gasteiger partial charge in [0.15, 0.2) is 5.69 Å². The summed E-state index contributed by atoms with van der Waals surface area (Å²) in [6.45, 7) is 7.18. The van der Waals surface area contributed by atoms with Crippen molar-refractivity contribution in [1.29, 1.82) is 0 Å². The second-order valence-corrected chi connectivity index (χ2v) is 6.56. The molecule has 0 bridgehead atoms. The summed E-state index contributed by atoms with van der Waals surface area (Å²) in [6.07, 6.45) is -0.137. The standard InChI is InChI=1S/C17H20ClN3O3/c1-4-21-14-6-5-12(18)7-13(14)16(22)15(19-21)17(23)20-8-10(2)24-11(3)9-20/h5-7,10-11H,4,8-9H2,1-3H3. The zero-order valence-electron chi connectivity index (χ0n) is 14.0. The van der Waals surface area contributed by atoms with Gasteiger partial charge >= 0.3 is 0 Å². The molecule has 2 atom stereocenters. The van der Waals surface area contributed by atoms with E-state index in [0.717, 1.165) is 0 Å².